The van der Waals surface area contributed by atoms with Gasteiger partial charge in [-0.25, -0.2) is 14.5 Å². The van der Waals surface area contributed by atoms with Gasteiger partial charge in [0.15, 0.2) is 18.1 Å². The van der Waals surface area contributed by atoms with Crippen molar-refractivity contribution in [1.29, 1.82) is 0 Å². The topological polar surface area (TPSA) is 83.1 Å². The summed E-state index contributed by atoms with van der Waals surface area (Å²) in [5.41, 5.74) is 5.38. The molecule has 2 aromatic heterocycles. The van der Waals surface area contributed by atoms with E-state index in [9.17, 15) is 0 Å². The molecule has 6 aromatic rings. The third kappa shape index (κ3) is 4.10. The standard InChI is InChI=1S/C32H25N5O3/c1-20(21-8-4-3-5-9-21)36-39-18-27-34-31-29-28(23-12-15-24(38-2)16-13-23)26-17-14-22-10-6-7-11-25(22)30(26)40-32(29)33-19-37(31)35-27/h3-17,19,28H,18H2,1-2H3/b36-20+/t28-/m1/s1. The minimum atomic E-state index is -0.179. The first-order valence-electron chi connectivity index (χ1n) is 13.0. The summed E-state index contributed by atoms with van der Waals surface area (Å²) in [7, 11) is 1.67. The van der Waals surface area contributed by atoms with E-state index >= 15 is 0 Å². The van der Waals surface area contributed by atoms with Crippen molar-refractivity contribution in [2.45, 2.75) is 19.4 Å². The van der Waals surface area contributed by atoms with E-state index in [0.717, 1.165) is 50.2 Å². The quantitative estimate of drug-likeness (QED) is 0.181. The zero-order valence-electron chi connectivity index (χ0n) is 22.0. The Labute approximate surface area is 230 Å². The van der Waals surface area contributed by atoms with Gasteiger partial charge in [-0.1, -0.05) is 84.0 Å². The molecular formula is C32H25N5O3. The number of hydrogen-bond acceptors (Lipinski definition) is 7. The van der Waals surface area contributed by atoms with Crippen molar-refractivity contribution in [3.8, 4) is 17.4 Å². The Balaban J connectivity index is 1.31. The van der Waals surface area contributed by atoms with E-state index in [1.54, 1.807) is 18.0 Å². The smallest absolute Gasteiger partial charge is 0.228 e. The van der Waals surface area contributed by atoms with Gasteiger partial charge in [-0.3, -0.25) is 0 Å². The molecule has 8 heteroatoms. The van der Waals surface area contributed by atoms with E-state index in [4.69, 9.17) is 19.3 Å². The molecule has 0 saturated carbocycles. The van der Waals surface area contributed by atoms with Gasteiger partial charge in [0.1, 0.15) is 17.8 Å². The maximum atomic E-state index is 6.50. The number of methoxy groups -OCH3 is 1. The molecule has 1 atom stereocenters. The Bertz CT molecular complexity index is 1880. The summed E-state index contributed by atoms with van der Waals surface area (Å²) in [5.74, 6) is 2.42. The van der Waals surface area contributed by atoms with Gasteiger partial charge in [-0.15, -0.1) is 5.10 Å². The molecule has 1 aliphatic rings. The van der Waals surface area contributed by atoms with E-state index < -0.39 is 0 Å². The summed E-state index contributed by atoms with van der Waals surface area (Å²) >= 11 is 0. The van der Waals surface area contributed by atoms with Gasteiger partial charge in [0, 0.05) is 16.9 Å². The molecule has 0 aliphatic carbocycles. The number of hydrogen-bond donors (Lipinski definition) is 0. The molecule has 0 unspecified atom stereocenters. The highest BCUT2D eigenvalue weighted by Gasteiger charge is 2.34. The molecule has 8 nitrogen and oxygen atoms in total. The van der Waals surface area contributed by atoms with Crippen LogP contribution in [0.25, 0.3) is 16.4 Å². The normalized spacial score (nSPS) is 14.4. The van der Waals surface area contributed by atoms with Crippen molar-refractivity contribution in [2.75, 3.05) is 7.11 Å². The van der Waals surface area contributed by atoms with Gasteiger partial charge >= 0.3 is 0 Å². The molecule has 196 valence electrons. The highest BCUT2D eigenvalue weighted by Crippen LogP contribution is 2.50. The molecule has 40 heavy (non-hydrogen) atoms. The third-order valence-corrected chi connectivity index (χ3v) is 7.18. The molecule has 1 aliphatic heterocycles. The Kier molecular flexibility index (Phi) is 5.85. The number of nitrogens with zero attached hydrogens (tertiary/aromatic N) is 5. The highest BCUT2D eigenvalue weighted by atomic mass is 16.6. The van der Waals surface area contributed by atoms with Crippen LogP contribution in [0.15, 0.2) is 102 Å². The molecule has 3 heterocycles. The van der Waals surface area contributed by atoms with Crippen LogP contribution in [0.1, 0.15) is 40.9 Å². The number of oxime groups is 1. The minimum Gasteiger partial charge on any atom is -0.497 e. The van der Waals surface area contributed by atoms with Crippen molar-refractivity contribution >= 4 is 22.1 Å². The van der Waals surface area contributed by atoms with E-state index in [0.29, 0.717) is 17.4 Å². The van der Waals surface area contributed by atoms with Gasteiger partial charge in [0.05, 0.1) is 18.4 Å². The van der Waals surface area contributed by atoms with Crippen LogP contribution >= 0.6 is 0 Å². The summed E-state index contributed by atoms with van der Waals surface area (Å²) in [6.45, 7) is 2.03. The molecule has 0 spiro atoms. The second-order valence-corrected chi connectivity index (χ2v) is 9.59. The lowest BCUT2D eigenvalue weighted by Gasteiger charge is -2.28. The van der Waals surface area contributed by atoms with E-state index in [1.807, 2.05) is 61.5 Å². The van der Waals surface area contributed by atoms with Crippen LogP contribution in [0.5, 0.6) is 17.4 Å². The highest BCUT2D eigenvalue weighted by molar-refractivity contribution is 5.98. The lowest BCUT2D eigenvalue weighted by Crippen LogP contribution is -2.15. The van der Waals surface area contributed by atoms with Crippen molar-refractivity contribution in [1.82, 2.24) is 19.6 Å². The maximum Gasteiger partial charge on any atom is 0.228 e. The van der Waals surface area contributed by atoms with Gasteiger partial charge in [0.2, 0.25) is 5.88 Å². The minimum absolute atomic E-state index is 0.121. The van der Waals surface area contributed by atoms with Crippen LogP contribution in [0, 0.1) is 0 Å². The molecular weight excluding hydrogens is 502 g/mol. The van der Waals surface area contributed by atoms with Crippen LogP contribution in [0.2, 0.25) is 0 Å². The van der Waals surface area contributed by atoms with Crippen molar-refractivity contribution in [3.63, 3.8) is 0 Å². The van der Waals surface area contributed by atoms with Crippen molar-refractivity contribution < 1.29 is 14.3 Å². The SMILES string of the molecule is COc1ccc([C@@H]2c3ccc4ccccc4c3Oc3ncn4nc(CO/N=C(\C)c5ccccc5)nc4c32)cc1. The summed E-state index contributed by atoms with van der Waals surface area (Å²) < 4.78 is 13.6. The molecule has 0 radical (unpaired) electrons. The lowest BCUT2D eigenvalue weighted by atomic mass is 9.83. The Morgan fingerprint density at radius 1 is 0.950 bits per heavy atom. The molecule has 0 bridgehead atoms. The Morgan fingerprint density at radius 2 is 1.75 bits per heavy atom. The molecule has 0 amide bonds. The van der Waals surface area contributed by atoms with Crippen molar-refractivity contribution in [3.05, 3.63) is 125 Å². The van der Waals surface area contributed by atoms with Crippen LogP contribution < -0.4 is 9.47 Å². The number of rotatable bonds is 6. The average Bonchev–Trinajstić information content (AvgIpc) is 3.43. The second-order valence-electron chi connectivity index (χ2n) is 9.59. The van der Waals surface area contributed by atoms with Crippen molar-refractivity contribution in [2.24, 2.45) is 5.16 Å². The zero-order chi connectivity index (χ0) is 27.1. The predicted molar refractivity (Wildman–Crippen MR) is 152 cm³/mol. The molecule has 0 N–H and O–H groups in total. The van der Waals surface area contributed by atoms with Crippen LogP contribution in [-0.2, 0) is 11.4 Å². The lowest BCUT2D eigenvalue weighted by molar-refractivity contribution is 0.125. The number of fused-ring (bicyclic) bond motifs is 6. The first-order chi connectivity index (χ1) is 19.7. The maximum absolute atomic E-state index is 6.50. The van der Waals surface area contributed by atoms with E-state index in [2.05, 4.69) is 51.6 Å². The van der Waals surface area contributed by atoms with E-state index in [1.165, 1.54) is 0 Å². The first-order valence-corrected chi connectivity index (χ1v) is 13.0. The summed E-state index contributed by atoms with van der Waals surface area (Å²) in [6, 6.07) is 30.4. The second kappa shape index (κ2) is 9.81. The zero-order valence-corrected chi connectivity index (χ0v) is 22.0. The first kappa shape index (κ1) is 23.8. The summed E-state index contributed by atoms with van der Waals surface area (Å²) in [4.78, 5) is 15.2. The van der Waals surface area contributed by atoms with E-state index in [-0.39, 0.29) is 12.5 Å². The molecule has 0 saturated heterocycles. The van der Waals surface area contributed by atoms with Crippen LogP contribution in [0.4, 0.5) is 0 Å². The Hall–Kier alpha value is -5.24. The largest absolute Gasteiger partial charge is 0.497 e. The van der Waals surface area contributed by atoms with Crippen LogP contribution in [-0.4, -0.2) is 32.4 Å². The fraction of sp³-hybridized carbons (Fsp3) is 0.125. The van der Waals surface area contributed by atoms with Gasteiger partial charge in [-0.2, -0.15) is 0 Å². The number of ether oxygens (including phenoxy) is 2. The number of aromatic nitrogens is 4. The van der Waals surface area contributed by atoms with Gasteiger partial charge in [0.25, 0.3) is 0 Å². The van der Waals surface area contributed by atoms with Crippen LogP contribution in [0.3, 0.4) is 0 Å². The molecule has 4 aromatic carbocycles. The monoisotopic (exact) mass is 527 g/mol. The molecule has 7 rings (SSSR count). The fourth-order valence-electron chi connectivity index (χ4n) is 5.21. The van der Waals surface area contributed by atoms with Gasteiger partial charge < -0.3 is 14.3 Å². The van der Waals surface area contributed by atoms with Gasteiger partial charge in [-0.05, 0) is 35.6 Å². The predicted octanol–water partition coefficient (Wildman–Crippen LogP) is 6.51. The fourth-order valence-corrected chi connectivity index (χ4v) is 5.21. The molecule has 0 fully saturated rings. The summed E-state index contributed by atoms with van der Waals surface area (Å²) in [5, 5.41) is 11.0. The summed E-state index contributed by atoms with van der Waals surface area (Å²) in [6.07, 6.45) is 1.63. The average molecular weight is 528 g/mol. The Morgan fingerprint density at radius 3 is 2.58 bits per heavy atom. The third-order valence-electron chi connectivity index (χ3n) is 7.18. The number of benzene rings is 4.